The van der Waals surface area contributed by atoms with Gasteiger partial charge in [0.2, 0.25) is 11.5 Å². The fraction of sp³-hybridized carbons (Fsp3) is 0.429. The topological polar surface area (TPSA) is 64.6 Å². The van der Waals surface area contributed by atoms with Crippen molar-refractivity contribution in [3.63, 3.8) is 0 Å². The molecule has 1 unspecified atom stereocenters. The van der Waals surface area contributed by atoms with Crippen LogP contribution >= 0.6 is 0 Å². The van der Waals surface area contributed by atoms with Gasteiger partial charge in [0.25, 0.3) is 0 Å². The van der Waals surface area contributed by atoms with Crippen LogP contribution < -0.4 is 28.4 Å². The summed E-state index contributed by atoms with van der Waals surface area (Å²) in [5.41, 5.74) is 4.81. The summed E-state index contributed by atoms with van der Waals surface area (Å²) in [6, 6.07) is 7.87. The van der Waals surface area contributed by atoms with E-state index in [-0.39, 0.29) is 6.10 Å². The first kappa shape index (κ1) is 24.8. The minimum atomic E-state index is 0.270. The molecule has 35 heavy (non-hydrogen) atoms. The van der Waals surface area contributed by atoms with Crippen LogP contribution in [0.3, 0.4) is 0 Å². The molecule has 0 spiro atoms. The minimum absolute atomic E-state index is 0.270. The minimum Gasteiger partial charge on any atom is -0.493 e. The second-order valence-electron chi connectivity index (χ2n) is 8.70. The quantitative estimate of drug-likeness (QED) is 0.425. The third kappa shape index (κ3) is 5.51. The Morgan fingerprint density at radius 2 is 1.09 bits per heavy atom. The molecule has 2 aliphatic carbocycles. The van der Waals surface area contributed by atoms with Crippen molar-refractivity contribution in [2.45, 2.75) is 25.4 Å². The van der Waals surface area contributed by atoms with Crippen molar-refractivity contribution < 1.29 is 33.2 Å². The molecule has 2 fully saturated rings. The van der Waals surface area contributed by atoms with E-state index in [2.05, 4.69) is 12.2 Å². The Hall–Kier alpha value is -3.32. The number of benzene rings is 2. The molecule has 0 aromatic heterocycles. The van der Waals surface area contributed by atoms with Gasteiger partial charge < -0.3 is 33.2 Å². The normalized spacial score (nSPS) is 19.6. The van der Waals surface area contributed by atoms with E-state index in [1.165, 1.54) is 11.1 Å². The van der Waals surface area contributed by atoms with E-state index >= 15 is 0 Å². The van der Waals surface area contributed by atoms with Crippen molar-refractivity contribution in [1.29, 1.82) is 0 Å². The molecule has 2 aliphatic rings. The Morgan fingerprint density at radius 1 is 0.629 bits per heavy atom. The zero-order valence-electron chi connectivity index (χ0n) is 21.3. The maximum absolute atomic E-state index is 6.17. The van der Waals surface area contributed by atoms with Gasteiger partial charge in [0.15, 0.2) is 23.0 Å². The van der Waals surface area contributed by atoms with E-state index < -0.39 is 0 Å². The fourth-order valence-corrected chi connectivity index (χ4v) is 4.40. The van der Waals surface area contributed by atoms with Crippen molar-refractivity contribution in [1.82, 2.24) is 0 Å². The van der Waals surface area contributed by atoms with Crippen LogP contribution in [0.5, 0.6) is 34.5 Å². The van der Waals surface area contributed by atoms with Gasteiger partial charge in [-0.1, -0.05) is 23.3 Å². The van der Waals surface area contributed by atoms with Crippen LogP contribution in [-0.2, 0) is 4.74 Å². The molecule has 7 nitrogen and oxygen atoms in total. The van der Waals surface area contributed by atoms with Crippen LogP contribution in [-0.4, -0.2) is 55.4 Å². The lowest BCUT2D eigenvalue weighted by Crippen LogP contribution is -2.25. The Balaban J connectivity index is 1.31. The number of methoxy groups -OCH3 is 6. The lowest BCUT2D eigenvalue weighted by Gasteiger charge is -2.29. The first-order chi connectivity index (χ1) is 17.0. The van der Waals surface area contributed by atoms with Crippen molar-refractivity contribution >= 4 is 12.2 Å². The number of rotatable bonds is 11. The molecule has 0 radical (unpaired) electrons. The van der Waals surface area contributed by atoms with Gasteiger partial charge >= 0.3 is 0 Å². The lowest BCUT2D eigenvalue weighted by molar-refractivity contribution is 0.0242. The molecule has 0 saturated heterocycles. The Bertz CT molecular complexity index is 1060. The average molecular weight is 483 g/mol. The molecule has 0 aliphatic heterocycles. The molecule has 2 aromatic rings. The molecule has 7 heteroatoms. The largest absolute Gasteiger partial charge is 0.493 e. The summed E-state index contributed by atoms with van der Waals surface area (Å²) in [7, 11) is 9.74. The summed E-state index contributed by atoms with van der Waals surface area (Å²) in [6.07, 6.45) is 7.57. The molecular weight excluding hydrogens is 448 g/mol. The molecule has 0 heterocycles. The maximum Gasteiger partial charge on any atom is 0.203 e. The zero-order chi connectivity index (χ0) is 24.9. The van der Waals surface area contributed by atoms with Crippen LogP contribution in [0.1, 0.15) is 30.4 Å². The smallest absolute Gasteiger partial charge is 0.203 e. The van der Waals surface area contributed by atoms with E-state index in [1.54, 1.807) is 42.7 Å². The second kappa shape index (κ2) is 11.0. The van der Waals surface area contributed by atoms with E-state index in [1.807, 2.05) is 24.3 Å². The third-order valence-corrected chi connectivity index (χ3v) is 6.46. The molecule has 2 aromatic carbocycles. The first-order valence-corrected chi connectivity index (χ1v) is 11.6. The predicted octanol–water partition coefficient (Wildman–Crippen LogP) is 5.40. The summed E-state index contributed by atoms with van der Waals surface area (Å²) < 4.78 is 38.8. The van der Waals surface area contributed by atoms with Crippen LogP contribution in [0.15, 0.2) is 35.4 Å². The van der Waals surface area contributed by atoms with E-state index in [0.717, 1.165) is 37.0 Å². The molecule has 4 rings (SSSR count). The van der Waals surface area contributed by atoms with E-state index in [9.17, 15) is 0 Å². The van der Waals surface area contributed by atoms with Crippen LogP contribution in [0, 0.1) is 5.92 Å². The van der Waals surface area contributed by atoms with Gasteiger partial charge in [-0.2, -0.15) is 0 Å². The summed E-state index contributed by atoms with van der Waals surface area (Å²) in [6.45, 7) is 0.748. The summed E-state index contributed by atoms with van der Waals surface area (Å²) in [4.78, 5) is 0. The van der Waals surface area contributed by atoms with Gasteiger partial charge in [-0.3, -0.25) is 0 Å². The highest BCUT2D eigenvalue weighted by atomic mass is 16.5. The molecule has 0 amide bonds. The maximum atomic E-state index is 6.17. The highest BCUT2D eigenvalue weighted by Gasteiger charge is 2.33. The number of ether oxygens (including phenoxy) is 7. The number of hydrogen-bond donors (Lipinski definition) is 0. The second-order valence-corrected chi connectivity index (χ2v) is 8.70. The van der Waals surface area contributed by atoms with Crippen molar-refractivity contribution in [3.05, 3.63) is 46.5 Å². The van der Waals surface area contributed by atoms with E-state index in [4.69, 9.17) is 33.2 Å². The number of hydrogen-bond acceptors (Lipinski definition) is 7. The van der Waals surface area contributed by atoms with Gasteiger partial charge in [-0.15, -0.1) is 0 Å². The van der Waals surface area contributed by atoms with Gasteiger partial charge in [0.1, 0.15) is 0 Å². The van der Waals surface area contributed by atoms with Crippen molar-refractivity contribution in [2.75, 3.05) is 49.3 Å². The molecule has 1 atom stereocenters. The molecular formula is C28H34O7. The summed E-state index contributed by atoms with van der Waals surface area (Å²) >= 11 is 0. The van der Waals surface area contributed by atoms with Crippen molar-refractivity contribution in [2.24, 2.45) is 5.92 Å². The van der Waals surface area contributed by atoms with Gasteiger partial charge in [0.05, 0.1) is 55.4 Å². The molecule has 188 valence electrons. The van der Waals surface area contributed by atoms with Gasteiger partial charge in [-0.25, -0.2) is 0 Å². The van der Waals surface area contributed by atoms with Crippen LogP contribution in [0.4, 0.5) is 0 Å². The molecule has 0 N–H and O–H groups in total. The highest BCUT2D eigenvalue weighted by Crippen LogP contribution is 2.44. The van der Waals surface area contributed by atoms with Gasteiger partial charge in [-0.05, 0) is 54.7 Å². The highest BCUT2D eigenvalue weighted by molar-refractivity contribution is 5.66. The summed E-state index contributed by atoms with van der Waals surface area (Å²) in [5.74, 6) is 4.32. The lowest BCUT2D eigenvalue weighted by atomic mass is 9.87. The Morgan fingerprint density at radius 3 is 1.51 bits per heavy atom. The third-order valence-electron chi connectivity index (χ3n) is 6.46. The summed E-state index contributed by atoms with van der Waals surface area (Å²) in [5, 5.41) is 0. The van der Waals surface area contributed by atoms with Crippen LogP contribution in [0.25, 0.3) is 12.2 Å². The Kier molecular flexibility index (Phi) is 7.76. The average Bonchev–Trinajstić information content (AvgIpc) is 3.60. The predicted molar refractivity (Wildman–Crippen MR) is 135 cm³/mol. The fourth-order valence-electron chi connectivity index (χ4n) is 4.40. The van der Waals surface area contributed by atoms with Crippen LogP contribution in [0.2, 0.25) is 0 Å². The molecule has 2 saturated carbocycles. The first-order valence-electron chi connectivity index (χ1n) is 11.6. The SMILES string of the molecule is COc1cc(C=C2CC(OCC3C/C3=C/c3cc(OC)c(OC)c(OC)c3)C2)cc(OC)c1OC. The standard InChI is InChI=1S/C28H34O7/c1-29-23-11-18(12-24(30-2)27(23)33-5)7-17-9-22(10-17)35-16-21-15-20(21)8-19-13-25(31-3)28(34-6)26(14-19)32-4/h7-8,11-14,21-22H,9-10,15-16H2,1-6H3/b17-7?,20-8-. The van der Waals surface area contributed by atoms with Crippen molar-refractivity contribution in [3.8, 4) is 34.5 Å². The van der Waals surface area contributed by atoms with Gasteiger partial charge in [0, 0.05) is 5.92 Å². The van der Waals surface area contributed by atoms with E-state index in [0.29, 0.717) is 40.4 Å². The zero-order valence-corrected chi connectivity index (χ0v) is 21.3. The molecule has 0 bridgehead atoms. The Labute approximate surface area is 207 Å². The monoisotopic (exact) mass is 482 g/mol.